The van der Waals surface area contributed by atoms with E-state index in [1.165, 1.54) is 5.01 Å². The van der Waals surface area contributed by atoms with E-state index in [4.69, 9.17) is 0 Å². The number of benzene rings is 1. The molecule has 0 saturated carbocycles. The van der Waals surface area contributed by atoms with Crippen LogP contribution in [0, 0.1) is 10.4 Å². The van der Waals surface area contributed by atoms with Crippen LogP contribution >= 0.6 is 0 Å². The Balaban J connectivity index is 1.72. The van der Waals surface area contributed by atoms with Crippen molar-refractivity contribution in [1.82, 2.24) is 9.91 Å². The molecule has 1 aromatic rings. The van der Waals surface area contributed by atoms with Gasteiger partial charge in [-0.15, -0.1) is 5.01 Å². The lowest BCUT2D eigenvalue weighted by Gasteiger charge is -2.31. The summed E-state index contributed by atoms with van der Waals surface area (Å²) < 4.78 is 0. The smallest absolute Gasteiger partial charge is 0.124 e. The third-order valence-corrected chi connectivity index (χ3v) is 3.37. The van der Waals surface area contributed by atoms with E-state index in [0.717, 1.165) is 6.54 Å². The van der Waals surface area contributed by atoms with E-state index in [9.17, 15) is 15.5 Å². The zero-order valence-corrected chi connectivity index (χ0v) is 11.6. The molecule has 0 aromatic heterocycles. The number of hydrogen-bond donors (Lipinski definition) is 1. The van der Waals surface area contributed by atoms with Gasteiger partial charge in [0, 0.05) is 36.4 Å². The Morgan fingerprint density at radius 1 is 1.24 bits per heavy atom. The van der Waals surface area contributed by atoms with Gasteiger partial charge in [0.05, 0.1) is 19.6 Å². The van der Waals surface area contributed by atoms with Crippen molar-refractivity contribution in [3.63, 3.8) is 0 Å². The average molecular weight is 292 g/mol. The standard InChI is InChI=1S/C13H19N5O3/c19-13-4-2-1-3-12(13)11-14-5-6-16-7-9-17(10-8-16)18(21)15-20/h1-4,11,19-20H,5-10H2/p-1/b14-11?,18-15-. The van der Waals surface area contributed by atoms with Gasteiger partial charge in [0.1, 0.15) is 5.75 Å². The van der Waals surface area contributed by atoms with Crippen molar-refractivity contribution in [3.05, 3.63) is 40.2 Å². The number of piperazine rings is 1. The fourth-order valence-electron chi connectivity index (χ4n) is 2.14. The van der Waals surface area contributed by atoms with Crippen molar-refractivity contribution in [1.29, 1.82) is 0 Å². The van der Waals surface area contributed by atoms with Gasteiger partial charge in [0.2, 0.25) is 0 Å². The van der Waals surface area contributed by atoms with Gasteiger partial charge in [0.25, 0.3) is 0 Å². The van der Waals surface area contributed by atoms with E-state index in [-0.39, 0.29) is 10.7 Å². The maximum Gasteiger partial charge on any atom is 0.124 e. The average Bonchev–Trinajstić information content (AvgIpc) is 2.53. The van der Waals surface area contributed by atoms with Crippen molar-refractivity contribution in [2.24, 2.45) is 10.3 Å². The molecule has 1 N–H and O–H groups in total. The lowest BCUT2D eigenvalue weighted by molar-refractivity contribution is -0.692. The normalized spacial score (nSPS) is 17.5. The minimum absolute atomic E-state index is 0.105. The third kappa shape index (κ3) is 4.32. The van der Waals surface area contributed by atoms with Gasteiger partial charge in [-0.25, -0.2) is 0 Å². The number of hydrazine groups is 1. The molecule has 1 fully saturated rings. The molecule has 21 heavy (non-hydrogen) atoms. The fourth-order valence-corrected chi connectivity index (χ4v) is 2.14. The summed E-state index contributed by atoms with van der Waals surface area (Å²) in [6, 6.07) is 7.03. The second-order valence-corrected chi connectivity index (χ2v) is 4.72. The van der Waals surface area contributed by atoms with E-state index < -0.39 is 0 Å². The summed E-state index contributed by atoms with van der Waals surface area (Å²) in [5.74, 6) is 0.215. The molecule has 1 aliphatic heterocycles. The molecule has 1 aromatic carbocycles. The summed E-state index contributed by atoms with van der Waals surface area (Å²) in [4.78, 5) is 6.55. The third-order valence-electron chi connectivity index (χ3n) is 3.37. The van der Waals surface area contributed by atoms with Crippen molar-refractivity contribution in [2.75, 3.05) is 39.3 Å². The minimum atomic E-state index is 0.105. The Bertz CT molecular complexity index is 512. The zero-order valence-electron chi connectivity index (χ0n) is 11.6. The first kappa shape index (κ1) is 15.0. The number of phenolic OH excluding ortho intramolecular Hbond substituents is 1. The highest BCUT2D eigenvalue weighted by Gasteiger charge is 2.20. The lowest BCUT2D eigenvalue weighted by atomic mass is 10.2. The SMILES string of the molecule is [O-]/N=[N+](\[O-])N1CCN(CCN=Cc2ccccc2O)CC1. The van der Waals surface area contributed by atoms with Crippen LogP contribution in [-0.2, 0) is 0 Å². The maximum absolute atomic E-state index is 11.0. The molecule has 2 rings (SSSR count). The molecule has 1 heterocycles. The molecule has 114 valence electrons. The molecular weight excluding hydrogens is 274 g/mol. The van der Waals surface area contributed by atoms with Crippen molar-refractivity contribution >= 4 is 6.21 Å². The molecule has 1 saturated heterocycles. The summed E-state index contributed by atoms with van der Waals surface area (Å²) in [6.45, 7) is 3.74. The van der Waals surface area contributed by atoms with E-state index in [2.05, 4.69) is 15.2 Å². The first-order valence-corrected chi connectivity index (χ1v) is 6.76. The summed E-state index contributed by atoms with van der Waals surface area (Å²) >= 11 is 0. The van der Waals surface area contributed by atoms with Crippen LogP contribution in [0.4, 0.5) is 0 Å². The van der Waals surface area contributed by atoms with Crippen molar-refractivity contribution in [2.45, 2.75) is 0 Å². The second kappa shape index (κ2) is 7.44. The highest BCUT2D eigenvalue weighted by atomic mass is 16.6. The van der Waals surface area contributed by atoms with E-state index in [1.807, 2.05) is 6.07 Å². The topological polar surface area (TPSA) is 101 Å². The number of para-hydroxylation sites is 1. The van der Waals surface area contributed by atoms with Gasteiger partial charge in [0.15, 0.2) is 0 Å². The summed E-state index contributed by atoms with van der Waals surface area (Å²) in [6.07, 6.45) is 1.65. The molecule has 1 aliphatic rings. The van der Waals surface area contributed by atoms with Gasteiger partial charge in [-0.2, -0.15) is 0 Å². The van der Waals surface area contributed by atoms with Crippen LogP contribution in [-0.4, -0.2) is 65.5 Å². The van der Waals surface area contributed by atoms with Gasteiger partial charge in [-0.3, -0.25) is 9.89 Å². The maximum atomic E-state index is 11.0. The van der Waals surface area contributed by atoms with Crippen LogP contribution in [0.1, 0.15) is 5.56 Å². The quantitative estimate of drug-likeness (QED) is 0.374. The number of aromatic hydroxyl groups is 1. The molecule has 0 radical (unpaired) electrons. The Morgan fingerprint density at radius 3 is 2.62 bits per heavy atom. The lowest BCUT2D eigenvalue weighted by Crippen LogP contribution is -2.49. The van der Waals surface area contributed by atoms with E-state index in [1.54, 1.807) is 24.4 Å². The van der Waals surface area contributed by atoms with Crippen LogP contribution in [0.25, 0.3) is 0 Å². The van der Waals surface area contributed by atoms with Gasteiger partial charge < -0.3 is 15.5 Å². The van der Waals surface area contributed by atoms with Gasteiger partial charge >= 0.3 is 0 Å². The second-order valence-electron chi connectivity index (χ2n) is 4.72. The number of nitrogens with zero attached hydrogens (tertiary/aromatic N) is 5. The largest absolute Gasteiger partial charge is 0.737 e. The highest BCUT2D eigenvalue weighted by molar-refractivity contribution is 5.83. The van der Waals surface area contributed by atoms with E-state index >= 15 is 0 Å². The van der Waals surface area contributed by atoms with Crippen LogP contribution in [0.2, 0.25) is 0 Å². The highest BCUT2D eigenvalue weighted by Crippen LogP contribution is 2.12. The van der Waals surface area contributed by atoms with E-state index in [0.29, 0.717) is 38.3 Å². The summed E-state index contributed by atoms with van der Waals surface area (Å²) in [5.41, 5.74) is 0.696. The molecule has 0 unspecified atom stereocenters. The van der Waals surface area contributed by atoms with Gasteiger partial charge in [-0.05, 0) is 17.4 Å². The number of rotatable bonds is 5. The number of aliphatic imine (C=N–C) groups is 1. The molecule has 8 nitrogen and oxygen atoms in total. The van der Waals surface area contributed by atoms with Crippen molar-refractivity contribution < 1.29 is 10.1 Å². The summed E-state index contributed by atoms with van der Waals surface area (Å²) in [7, 11) is 0. The Hall–Kier alpha value is -2.35. The fraction of sp³-hybridized carbons (Fsp3) is 0.462. The predicted octanol–water partition coefficient (Wildman–Crippen LogP) is 0.804. The molecule has 0 atom stereocenters. The first-order valence-electron chi connectivity index (χ1n) is 6.76. The van der Waals surface area contributed by atoms with Crippen LogP contribution in [0.15, 0.2) is 34.5 Å². The molecular formula is C13H18N5O3-. The van der Waals surface area contributed by atoms with Crippen LogP contribution in [0.3, 0.4) is 0 Å². The Kier molecular flexibility index (Phi) is 5.33. The first-order chi connectivity index (χ1) is 10.2. The molecule has 0 bridgehead atoms. The predicted molar refractivity (Wildman–Crippen MR) is 78.0 cm³/mol. The number of phenols is 1. The summed E-state index contributed by atoms with van der Waals surface area (Å²) in [5, 5.41) is 34.4. The van der Waals surface area contributed by atoms with Crippen LogP contribution in [0.5, 0.6) is 5.75 Å². The Morgan fingerprint density at radius 2 is 1.95 bits per heavy atom. The van der Waals surface area contributed by atoms with Crippen molar-refractivity contribution in [3.8, 4) is 5.75 Å². The molecule has 0 amide bonds. The molecule has 8 heteroatoms. The molecule has 0 aliphatic carbocycles. The minimum Gasteiger partial charge on any atom is -0.737 e. The van der Waals surface area contributed by atoms with Gasteiger partial charge in [-0.1, -0.05) is 12.1 Å². The number of hydrogen-bond acceptors (Lipinski definition) is 6. The Labute approximate surface area is 122 Å². The van der Waals surface area contributed by atoms with Crippen LogP contribution < -0.4 is 0 Å². The molecule has 0 spiro atoms. The zero-order chi connectivity index (χ0) is 15.1. The monoisotopic (exact) mass is 292 g/mol.